The zero-order chi connectivity index (χ0) is 14.0. The Balaban J connectivity index is 2.12. The molecule has 19 heavy (non-hydrogen) atoms. The summed E-state index contributed by atoms with van der Waals surface area (Å²) in [7, 11) is -3.15. The van der Waals surface area contributed by atoms with Gasteiger partial charge in [-0.05, 0) is 0 Å². The highest BCUT2D eigenvalue weighted by molar-refractivity contribution is 7.88. The number of H-pyrrole nitrogens is 1. The van der Waals surface area contributed by atoms with Crippen molar-refractivity contribution in [2.24, 2.45) is 0 Å². The minimum absolute atomic E-state index is 0.245. The topological polar surface area (TPSA) is 86.4 Å². The highest BCUT2D eigenvalue weighted by Crippen LogP contribution is 2.11. The number of anilines is 1. The van der Waals surface area contributed by atoms with Crippen molar-refractivity contribution in [1.29, 1.82) is 0 Å². The van der Waals surface area contributed by atoms with Gasteiger partial charge in [-0.1, -0.05) is 12.7 Å². The van der Waals surface area contributed by atoms with E-state index in [9.17, 15) is 13.2 Å². The van der Waals surface area contributed by atoms with Crippen molar-refractivity contribution in [1.82, 2.24) is 14.3 Å². The molecule has 0 bridgehead atoms. The standard InChI is InChI=1S/C11H16N4O3S/c1-3-9-8-12-11(13-10(9)16)14-4-6-15(7-5-14)19(2,17)18/h3,8H,1,4-7H2,2H3,(H,12,13,16). The Morgan fingerprint density at radius 3 is 2.47 bits per heavy atom. The summed E-state index contributed by atoms with van der Waals surface area (Å²) in [6, 6.07) is 0. The number of nitrogens with zero attached hydrogens (tertiary/aromatic N) is 3. The van der Waals surface area contributed by atoms with Crippen LogP contribution in [0.15, 0.2) is 17.6 Å². The van der Waals surface area contributed by atoms with Gasteiger partial charge >= 0.3 is 0 Å². The first-order valence-electron chi connectivity index (χ1n) is 5.83. The van der Waals surface area contributed by atoms with E-state index >= 15 is 0 Å². The maximum absolute atomic E-state index is 11.6. The lowest BCUT2D eigenvalue weighted by molar-refractivity contribution is 0.385. The molecule has 1 aliphatic rings. The fourth-order valence-corrected chi connectivity index (χ4v) is 2.76. The molecule has 0 aromatic carbocycles. The molecule has 0 aliphatic carbocycles. The van der Waals surface area contributed by atoms with Gasteiger partial charge in [0.05, 0.1) is 11.8 Å². The van der Waals surface area contributed by atoms with E-state index in [2.05, 4.69) is 16.5 Å². The fourth-order valence-electron chi connectivity index (χ4n) is 1.93. The third-order valence-corrected chi connectivity index (χ3v) is 4.34. The third kappa shape index (κ3) is 3.02. The van der Waals surface area contributed by atoms with Crippen molar-refractivity contribution in [3.05, 3.63) is 28.7 Å². The van der Waals surface area contributed by atoms with Gasteiger partial charge in [-0.3, -0.25) is 9.78 Å². The number of rotatable bonds is 3. The molecule has 0 amide bonds. The molecule has 1 fully saturated rings. The number of nitrogens with one attached hydrogen (secondary N) is 1. The van der Waals surface area contributed by atoms with Gasteiger partial charge < -0.3 is 4.90 Å². The summed E-state index contributed by atoms with van der Waals surface area (Å²) in [6.07, 6.45) is 4.10. The van der Waals surface area contributed by atoms with Gasteiger partial charge in [0.1, 0.15) is 0 Å². The molecule has 0 unspecified atom stereocenters. The smallest absolute Gasteiger partial charge is 0.259 e. The van der Waals surface area contributed by atoms with E-state index in [1.165, 1.54) is 22.8 Å². The molecule has 2 heterocycles. The van der Waals surface area contributed by atoms with Crippen LogP contribution in [-0.4, -0.2) is 55.1 Å². The van der Waals surface area contributed by atoms with Gasteiger partial charge in [0.15, 0.2) is 0 Å². The van der Waals surface area contributed by atoms with Gasteiger partial charge in [0.2, 0.25) is 16.0 Å². The third-order valence-electron chi connectivity index (χ3n) is 3.04. The quantitative estimate of drug-likeness (QED) is 0.808. The maximum atomic E-state index is 11.6. The summed E-state index contributed by atoms with van der Waals surface area (Å²) in [6.45, 7) is 5.32. The summed E-state index contributed by atoms with van der Waals surface area (Å²) < 4.78 is 24.2. The van der Waals surface area contributed by atoms with E-state index in [0.29, 0.717) is 37.7 Å². The van der Waals surface area contributed by atoms with E-state index in [1.54, 1.807) is 0 Å². The molecule has 1 aliphatic heterocycles. The van der Waals surface area contributed by atoms with Crippen LogP contribution in [0.4, 0.5) is 5.95 Å². The second-order valence-electron chi connectivity index (χ2n) is 4.34. The Morgan fingerprint density at radius 1 is 1.37 bits per heavy atom. The lowest BCUT2D eigenvalue weighted by Gasteiger charge is -2.33. The normalized spacial score (nSPS) is 17.4. The van der Waals surface area contributed by atoms with Crippen LogP contribution in [0.1, 0.15) is 5.56 Å². The molecule has 2 rings (SSSR count). The lowest BCUT2D eigenvalue weighted by atomic mass is 10.3. The fraction of sp³-hybridized carbons (Fsp3) is 0.455. The summed E-state index contributed by atoms with van der Waals surface area (Å²) >= 11 is 0. The number of aromatic amines is 1. The summed E-state index contributed by atoms with van der Waals surface area (Å²) in [5, 5.41) is 0. The minimum Gasteiger partial charge on any atom is -0.340 e. The Labute approximate surface area is 111 Å². The summed E-state index contributed by atoms with van der Waals surface area (Å²) in [5.74, 6) is 0.462. The highest BCUT2D eigenvalue weighted by Gasteiger charge is 2.24. The van der Waals surface area contributed by atoms with Crippen molar-refractivity contribution in [2.45, 2.75) is 0 Å². The monoisotopic (exact) mass is 284 g/mol. The zero-order valence-electron chi connectivity index (χ0n) is 10.7. The molecule has 1 saturated heterocycles. The molecule has 1 aromatic heterocycles. The Kier molecular flexibility index (Phi) is 3.72. The van der Waals surface area contributed by atoms with Crippen LogP contribution < -0.4 is 10.5 Å². The molecule has 0 spiro atoms. The van der Waals surface area contributed by atoms with Crippen LogP contribution in [-0.2, 0) is 10.0 Å². The number of hydrogen-bond acceptors (Lipinski definition) is 5. The largest absolute Gasteiger partial charge is 0.340 e. The molecule has 7 nitrogen and oxygen atoms in total. The minimum atomic E-state index is -3.15. The lowest BCUT2D eigenvalue weighted by Crippen LogP contribution is -2.49. The van der Waals surface area contributed by atoms with Gasteiger partial charge in [0, 0.05) is 32.4 Å². The molecule has 0 radical (unpaired) electrons. The van der Waals surface area contributed by atoms with E-state index in [1.807, 2.05) is 4.90 Å². The van der Waals surface area contributed by atoms with Crippen LogP contribution in [0.2, 0.25) is 0 Å². The van der Waals surface area contributed by atoms with Crippen LogP contribution >= 0.6 is 0 Å². The Bertz CT molecular complexity index is 630. The molecular formula is C11H16N4O3S. The van der Waals surface area contributed by atoms with Crippen molar-refractivity contribution >= 4 is 22.0 Å². The molecule has 1 N–H and O–H groups in total. The first kappa shape index (κ1) is 13.8. The second kappa shape index (κ2) is 5.14. The molecule has 1 aromatic rings. The first-order valence-corrected chi connectivity index (χ1v) is 7.68. The van der Waals surface area contributed by atoms with Crippen molar-refractivity contribution < 1.29 is 8.42 Å². The summed E-state index contributed by atoms with van der Waals surface area (Å²) in [4.78, 5) is 20.3. The Morgan fingerprint density at radius 2 is 2.00 bits per heavy atom. The van der Waals surface area contributed by atoms with E-state index < -0.39 is 10.0 Å². The van der Waals surface area contributed by atoms with Gasteiger partial charge in [-0.15, -0.1) is 0 Å². The highest BCUT2D eigenvalue weighted by atomic mass is 32.2. The molecule has 0 saturated carbocycles. The molecule has 0 atom stereocenters. The van der Waals surface area contributed by atoms with Crippen LogP contribution in [0.25, 0.3) is 6.08 Å². The average molecular weight is 284 g/mol. The number of hydrogen-bond donors (Lipinski definition) is 1. The van der Waals surface area contributed by atoms with Gasteiger partial charge in [-0.2, -0.15) is 4.31 Å². The second-order valence-corrected chi connectivity index (χ2v) is 6.33. The van der Waals surface area contributed by atoms with Crippen LogP contribution in [0, 0.1) is 0 Å². The van der Waals surface area contributed by atoms with E-state index in [0.717, 1.165) is 0 Å². The van der Waals surface area contributed by atoms with Crippen molar-refractivity contribution in [3.8, 4) is 0 Å². The van der Waals surface area contributed by atoms with E-state index in [-0.39, 0.29) is 5.56 Å². The maximum Gasteiger partial charge on any atom is 0.259 e. The van der Waals surface area contributed by atoms with Crippen molar-refractivity contribution in [2.75, 3.05) is 37.3 Å². The molecule has 104 valence electrons. The number of piperazine rings is 1. The average Bonchev–Trinajstić information content (AvgIpc) is 2.38. The Hall–Kier alpha value is -1.67. The molecule has 8 heteroatoms. The number of aromatic nitrogens is 2. The summed E-state index contributed by atoms with van der Waals surface area (Å²) in [5.41, 5.74) is 0.170. The number of sulfonamides is 1. The van der Waals surface area contributed by atoms with Crippen LogP contribution in [0.3, 0.4) is 0 Å². The predicted molar refractivity (Wildman–Crippen MR) is 73.6 cm³/mol. The zero-order valence-corrected chi connectivity index (χ0v) is 11.5. The van der Waals surface area contributed by atoms with Gasteiger partial charge in [-0.25, -0.2) is 13.4 Å². The SMILES string of the molecule is C=Cc1cnc(N2CCN(S(C)(=O)=O)CC2)[nH]c1=O. The van der Waals surface area contributed by atoms with Crippen LogP contribution in [0.5, 0.6) is 0 Å². The predicted octanol–water partition coefficient (Wildman–Crippen LogP) is -0.505. The van der Waals surface area contributed by atoms with Crippen molar-refractivity contribution in [3.63, 3.8) is 0 Å². The van der Waals surface area contributed by atoms with Gasteiger partial charge in [0.25, 0.3) is 5.56 Å². The molecular weight excluding hydrogens is 268 g/mol. The van der Waals surface area contributed by atoms with E-state index in [4.69, 9.17) is 0 Å². The first-order chi connectivity index (χ1) is 8.91.